The maximum Gasteiger partial charge on any atom is 0.255 e. The molecule has 3 N–H and O–H groups in total. The molecule has 1 atom stereocenters. The second-order valence-electron chi connectivity index (χ2n) is 4.71. The first-order valence-corrected chi connectivity index (χ1v) is 6.13. The Labute approximate surface area is 109 Å². The number of benzene rings is 1. The van der Waals surface area contributed by atoms with Crippen molar-refractivity contribution in [2.75, 3.05) is 20.2 Å². The second-order valence-corrected chi connectivity index (χ2v) is 4.71. The Morgan fingerprint density at radius 2 is 2.11 bits per heavy atom. The van der Waals surface area contributed by atoms with Crippen molar-refractivity contribution < 1.29 is 9.53 Å². The fourth-order valence-corrected chi connectivity index (χ4v) is 1.84. The minimum Gasteiger partial charge on any atom is -0.496 e. The van der Waals surface area contributed by atoms with E-state index in [2.05, 4.69) is 5.32 Å². The molecule has 0 heterocycles. The maximum atomic E-state index is 12.1. The van der Waals surface area contributed by atoms with Crippen LogP contribution in [0.15, 0.2) is 12.1 Å². The normalized spacial score (nSPS) is 12.1. The summed E-state index contributed by atoms with van der Waals surface area (Å²) in [6.45, 7) is 7.03. The predicted octanol–water partition coefficient (Wildman–Crippen LogP) is 1.64. The number of hydrogen-bond acceptors (Lipinski definition) is 3. The van der Waals surface area contributed by atoms with Gasteiger partial charge in [-0.15, -0.1) is 0 Å². The number of aryl methyl sites for hydroxylation is 2. The first-order chi connectivity index (χ1) is 8.49. The Morgan fingerprint density at radius 1 is 1.44 bits per heavy atom. The molecule has 0 spiro atoms. The molecule has 0 saturated heterocycles. The highest BCUT2D eigenvalue weighted by atomic mass is 16.5. The van der Waals surface area contributed by atoms with E-state index in [1.807, 2.05) is 32.9 Å². The van der Waals surface area contributed by atoms with E-state index in [-0.39, 0.29) is 11.8 Å². The third-order valence-corrected chi connectivity index (χ3v) is 2.88. The van der Waals surface area contributed by atoms with Crippen LogP contribution in [0.25, 0.3) is 0 Å². The zero-order chi connectivity index (χ0) is 13.7. The fourth-order valence-electron chi connectivity index (χ4n) is 1.84. The molecule has 18 heavy (non-hydrogen) atoms. The van der Waals surface area contributed by atoms with Gasteiger partial charge >= 0.3 is 0 Å². The Morgan fingerprint density at radius 3 is 2.67 bits per heavy atom. The van der Waals surface area contributed by atoms with Crippen LogP contribution in [0.1, 0.15) is 28.4 Å². The molecule has 1 amide bonds. The number of hydrogen-bond donors (Lipinski definition) is 2. The number of rotatable bonds is 5. The van der Waals surface area contributed by atoms with Gasteiger partial charge in [0.15, 0.2) is 0 Å². The highest BCUT2D eigenvalue weighted by Crippen LogP contribution is 2.24. The Balaban J connectivity index is 2.91. The number of methoxy groups -OCH3 is 1. The number of carbonyl (C=O) groups is 1. The fraction of sp³-hybridized carbons (Fsp3) is 0.500. The molecule has 1 aromatic rings. The highest BCUT2D eigenvalue weighted by molar-refractivity contribution is 5.97. The molecule has 0 radical (unpaired) electrons. The van der Waals surface area contributed by atoms with Crippen molar-refractivity contribution in [3.05, 3.63) is 28.8 Å². The molecule has 0 fully saturated rings. The molecule has 0 aromatic heterocycles. The minimum atomic E-state index is -0.112. The van der Waals surface area contributed by atoms with Gasteiger partial charge in [0.25, 0.3) is 5.91 Å². The molecule has 0 saturated carbocycles. The minimum absolute atomic E-state index is 0.112. The number of nitrogens with one attached hydrogen (secondary N) is 1. The van der Waals surface area contributed by atoms with Gasteiger partial charge < -0.3 is 15.8 Å². The van der Waals surface area contributed by atoms with Crippen molar-refractivity contribution in [3.63, 3.8) is 0 Å². The molecule has 4 heteroatoms. The van der Waals surface area contributed by atoms with Crippen LogP contribution in [-0.2, 0) is 0 Å². The first-order valence-electron chi connectivity index (χ1n) is 6.13. The molecule has 0 aliphatic rings. The van der Waals surface area contributed by atoms with Gasteiger partial charge in [-0.05, 0) is 43.5 Å². The molecular formula is C14H22N2O2. The van der Waals surface area contributed by atoms with Gasteiger partial charge in [0, 0.05) is 6.54 Å². The van der Waals surface area contributed by atoms with Crippen LogP contribution in [-0.4, -0.2) is 26.1 Å². The van der Waals surface area contributed by atoms with E-state index in [1.54, 1.807) is 7.11 Å². The molecule has 0 aliphatic heterocycles. The van der Waals surface area contributed by atoms with Gasteiger partial charge in [-0.1, -0.05) is 13.0 Å². The van der Waals surface area contributed by atoms with Crippen LogP contribution < -0.4 is 15.8 Å². The quantitative estimate of drug-likeness (QED) is 0.835. The van der Waals surface area contributed by atoms with Crippen LogP contribution in [0.2, 0.25) is 0 Å². The van der Waals surface area contributed by atoms with Crippen molar-refractivity contribution in [1.82, 2.24) is 5.32 Å². The van der Waals surface area contributed by atoms with Gasteiger partial charge in [0.1, 0.15) is 5.75 Å². The van der Waals surface area contributed by atoms with Gasteiger partial charge in [-0.3, -0.25) is 4.79 Å². The van der Waals surface area contributed by atoms with E-state index < -0.39 is 0 Å². The summed E-state index contributed by atoms with van der Waals surface area (Å²) >= 11 is 0. The molecular weight excluding hydrogens is 228 g/mol. The zero-order valence-electron chi connectivity index (χ0n) is 11.5. The van der Waals surface area contributed by atoms with Crippen LogP contribution in [0.3, 0.4) is 0 Å². The standard InChI is InChI=1S/C14H22N2O2/c1-9-5-11(3)13(18-4)12(6-9)14(17)16-8-10(2)7-15/h5-6,10H,7-8,15H2,1-4H3,(H,16,17). The van der Waals surface area contributed by atoms with E-state index in [1.165, 1.54) is 0 Å². The second kappa shape index (κ2) is 6.40. The van der Waals surface area contributed by atoms with Gasteiger partial charge in [-0.2, -0.15) is 0 Å². The molecule has 4 nitrogen and oxygen atoms in total. The van der Waals surface area contributed by atoms with Crippen molar-refractivity contribution in [3.8, 4) is 5.75 Å². The topological polar surface area (TPSA) is 64.3 Å². The van der Waals surface area contributed by atoms with Gasteiger partial charge in [-0.25, -0.2) is 0 Å². The monoisotopic (exact) mass is 250 g/mol. The number of carbonyl (C=O) groups excluding carboxylic acids is 1. The molecule has 1 rings (SSSR count). The third kappa shape index (κ3) is 3.47. The maximum absolute atomic E-state index is 12.1. The molecule has 1 unspecified atom stereocenters. The molecule has 0 aliphatic carbocycles. The summed E-state index contributed by atoms with van der Waals surface area (Å²) < 4.78 is 5.30. The highest BCUT2D eigenvalue weighted by Gasteiger charge is 2.15. The van der Waals surface area contributed by atoms with Crippen LogP contribution in [0.4, 0.5) is 0 Å². The molecule has 1 aromatic carbocycles. The lowest BCUT2D eigenvalue weighted by atomic mass is 10.0. The van der Waals surface area contributed by atoms with Gasteiger partial charge in [0.05, 0.1) is 12.7 Å². The molecule has 100 valence electrons. The predicted molar refractivity (Wildman–Crippen MR) is 73.0 cm³/mol. The van der Waals surface area contributed by atoms with E-state index in [0.717, 1.165) is 11.1 Å². The van der Waals surface area contributed by atoms with E-state index in [4.69, 9.17) is 10.5 Å². The average Bonchev–Trinajstić information content (AvgIpc) is 2.34. The average molecular weight is 250 g/mol. The lowest BCUT2D eigenvalue weighted by Crippen LogP contribution is -2.31. The number of nitrogens with two attached hydrogens (primary N) is 1. The van der Waals surface area contributed by atoms with Crippen LogP contribution >= 0.6 is 0 Å². The summed E-state index contributed by atoms with van der Waals surface area (Å²) in [4.78, 5) is 12.1. The summed E-state index contributed by atoms with van der Waals surface area (Å²) in [6.07, 6.45) is 0. The van der Waals surface area contributed by atoms with Gasteiger partial charge in [0.2, 0.25) is 0 Å². The summed E-state index contributed by atoms with van der Waals surface area (Å²) in [5, 5.41) is 2.88. The Hall–Kier alpha value is -1.55. The zero-order valence-corrected chi connectivity index (χ0v) is 11.5. The van der Waals surface area contributed by atoms with Crippen molar-refractivity contribution in [2.45, 2.75) is 20.8 Å². The van der Waals surface area contributed by atoms with E-state index in [9.17, 15) is 4.79 Å². The third-order valence-electron chi connectivity index (χ3n) is 2.88. The largest absolute Gasteiger partial charge is 0.496 e. The summed E-state index contributed by atoms with van der Waals surface area (Å²) in [6, 6.07) is 3.84. The summed E-state index contributed by atoms with van der Waals surface area (Å²) in [5.41, 5.74) is 8.12. The van der Waals surface area contributed by atoms with Crippen molar-refractivity contribution in [2.24, 2.45) is 11.7 Å². The summed E-state index contributed by atoms with van der Waals surface area (Å²) in [7, 11) is 1.58. The SMILES string of the molecule is COc1c(C)cc(C)cc1C(=O)NCC(C)CN. The van der Waals surface area contributed by atoms with E-state index in [0.29, 0.717) is 24.4 Å². The first kappa shape index (κ1) is 14.5. The Bertz CT molecular complexity index is 430. The van der Waals surface area contributed by atoms with Crippen molar-refractivity contribution in [1.29, 1.82) is 0 Å². The van der Waals surface area contributed by atoms with Crippen LogP contribution in [0, 0.1) is 19.8 Å². The number of amides is 1. The summed E-state index contributed by atoms with van der Waals surface area (Å²) in [5.74, 6) is 0.795. The Kier molecular flexibility index (Phi) is 5.16. The van der Waals surface area contributed by atoms with Crippen LogP contribution in [0.5, 0.6) is 5.75 Å². The lowest BCUT2D eigenvalue weighted by molar-refractivity contribution is 0.0945. The van der Waals surface area contributed by atoms with E-state index >= 15 is 0 Å². The smallest absolute Gasteiger partial charge is 0.255 e. The molecule has 0 bridgehead atoms. The lowest BCUT2D eigenvalue weighted by Gasteiger charge is -2.14. The number of ether oxygens (including phenoxy) is 1. The van der Waals surface area contributed by atoms with Crippen molar-refractivity contribution >= 4 is 5.91 Å².